The van der Waals surface area contributed by atoms with Crippen LogP contribution in [0.1, 0.15) is 17.5 Å². The molecule has 1 saturated heterocycles. The highest BCUT2D eigenvalue weighted by atomic mass is 28.3. The number of hydrogen-bond acceptors (Lipinski definition) is 3. The van der Waals surface area contributed by atoms with Crippen molar-refractivity contribution in [2.75, 3.05) is 18.0 Å². The Bertz CT molecular complexity index is 863. The van der Waals surface area contributed by atoms with Gasteiger partial charge in [0, 0.05) is 25.3 Å². The number of carbonyl (C=O) groups excluding carboxylic acids is 1. The zero-order valence-electron chi connectivity index (χ0n) is 16.9. The molecule has 1 atom stereocenters. The normalized spacial score (nSPS) is 17.4. The molecule has 0 radical (unpaired) electrons. The van der Waals surface area contributed by atoms with E-state index in [1.807, 2.05) is 17.0 Å². The molecule has 4 nitrogen and oxygen atoms in total. The Morgan fingerprint density at radius 2 is 1.90 bits per heavy atom. The number of pyridine rings is 1. The van der Waals surface area contributed by atoms with Gasteiger partial charge in [-0.2, -0.15) is 13.2 Å². The zero-order chi connectivity index (χ0) is 21.2. The Morgan fingerprint density at radius 3 is 2.52 bits per heavy atom. The van der Waals surface area contributed by atoms with Gasteiger partial charge in [0.05, 0.1) is 31.9 Å². The number of aromatic nitrogens is 1. The van der Waals surface area contributed by atoms with Crippen LogP contribution < -0.4 is 15.4 Å². The maximum atomic E-state index is 12.9. The summed E-state index contributed by atoms with van der Waals surface area (Å²) in [5, 5.41) is 4.35. The average Bonchev–Trinajstić information content (AvgIpc) is 3.09. The Hall–Kier alpha value is -2.35. The number of anilines is 1. The molecule has 156 valence electrons. The summed E-state index contributed by atoms with van der Waals surface area (Å²) < 4.78 is 38.7. The minimum atomic E-state index is -4.42. The molecular formula is C21H26F3N3OSi. The first-order valence-electron chi connectivity index (χ1n) is 9.68. The van der Waals surface area contributed by atoms with E-state index in [9.17, 15) is 18.0 Å². The summed E-state index contributed by atoms with van der Waals surface area (Å²) >= 11 is 0. The largest absolute Gasteiger partial charge is 0.417 e. The molecule has 3 rings (SSSR count). The van der Waals surface area contributed by atoms with Crippen LogP contribution in [0, 0.1) is 0 Å². The van der Waals surface area contributed by atoms with Crippen molar-refractivity contribution in [1.29, 1.82) is 0 Å². The summed E-state index contributed by atoms with van der Waals surface area (Å²) in [5.74, 6) is -0.0697. The number of nitrogens with one attached hydrogen (secondary N) is 1. The van der Waals surface area contributed by atoms with Crippen LogP contribution in [0.4, 0.5) is 18.9 Å². The van der Waals surface area contributed by atoms with Crippen LogP contribution in [-0.2, 0) is 17.4 Å². The Morgan fingerprint density at radius 1 is 1.21 bits per heavy atom. The summed E-state index contributed by atoms with van der Waals surface area (Å²) in [6.45, 7) is 7.89. The molecule has 29 heavy (non-hydrogen) atoms. The third kappa shape index (κ3) is 5.59. The number of hydrogen-bond donors (Lipinski definition) is 1. The predicted molar refractivity (Wildman–Crippen MR) is 111 cm³/mol. The molecule has 8 heteroatoms. The smallest absolute Gasteiger partial charge is 0.368 e. The molecular weight excluding hydrogens is 395 g/mol. The molecule has 2 heterocycles. The van der Waals surface area contributed by atoms with Gasteiger partial charge < -0.3 is 10.2 Å². The van der Waals surface area contributed by atoms with E-state index in [-0.39, 0.29) is 11.9 Å². The van der Waals surface area contributed by atoms with Gasteiger partial charge in [-0.1, -0.05) is 49.1 Å². The van der Waals surface area contributed by atoms with E-state index in [1.165, 1.54) is 11.4 Å². The van der Waals surface area contributed by atoms with E-state index < -0.39 is 19.8 Å². The van der Waals surface area contributed by atoms with Gasteiger partial charge in [0.1, 0.15) is 0 Å². The van der Waals surface area contributed by atoms with E-state index in [2.05, 4.69) is 42.1 Å². The molecule has 0 bridgehead atoms. The van der Waals surface area contributed by atoms with Gasteiger partial charge in [-0.3, -0.25) is 9.78 Å². The van der Waals surface area contributed by atoms with Crippen molar-refractivity contribution < 1.29 is 18.0 Å². The number of benzene rings is 1. The van der Waals surface area contributed by atoms with Crippen LogP contribution in [0.2, 0.25) is 19.6 Å². The van der Waals surface area contributed by atoms with Gasteiger partial charge >= 0.3 is 6.18 Å². The minimum Gasteiger partial charge on any atom is -0.368 e. The molecule has 0 aliphatic carbocycles. The molecule has 1 amide bonds. The maximum Gasteiger partial charge on any atom is 0.417 e. The van der Waals surface area contributed by atoms with E-state index >= 15 is 0 Å². The van der Waals surface area contributed by atoms with Gasteiger partial charge in [-0.25, -0.2) is 0 Å². The number of rotatable bonds is 5. The Labute approximate surface area is 170 Å². The third-order valence-corrected chi connectivity index (χ3v) is 7.22. The summed E-state index contributed by atoms with van der Waals surface area (Å²) in [7, 11) is -1.36. The highest BCUT2D eigenvalue weighted by Gasteiger charge is 2.32. The lowest BCUT2D eigenvalue weighted by Gasteiger charge is -2.20. The van der Waals surface area contributed by atoms with Crippen molar-refractivity contribution >= 4 is 24.9 Å². The predicted octanol–water partition coefficient (Wildman–Crippen LogP) is 3.58. The van der Waals surface area contributed by atoms with E-state index in [0.29, 0.717) is 31.6 Å². The van der Waals surface area contributed by atoms with Crippen molar-refractivity contribution in [3.63, 3.8) is 0 Å². The lowest BCUT2D eigenvalue weighted by molar-refractivity contribution is -0.137. The molecule has 0 saturated carbocycles. The zero-order valence-corrected chi connectivity index (χ0v) is 17.9. The van der Waals surface area contributed by atoms with Crippen molar-refractivity contribution in [1.82, 2.24) is 10.3 Å². The topological polar surface area (TPSA) is 45.2 Å². The van der Waals surface area contributed by atoms with Crippen LogP contribution in [0.25, 0.3) is 0 Å². The summed E-state index contributed by atoms with van der Waals surface area (Å²) in [4.78, 5) is 17.9. The molecule has 1 N–H and O–H groups in total. The van der Waals surface area contributed by atoms with Crippen LogP contribution in [0.3, 0.4) is 0 Å². The van der Waals surface area contributed by atoms with Crippen LogP contribution in [0.5, 0.6) is 0 Å². The highest BCUT2D eigenvalue weighted by molar-refractivity contribution is 6.88. The maximum absolute atomic E-state index is 12.9. The van der Waals surface area contributed by atoms with Gasteiger partial charge in [0.25, 0.3) is 0 Å². The third-order valence-electron chi connectivity index (χ3n) is 5.15. The summed E-state index contributed by atoms with van der Waals surface area (Å²) in [6, 6.07) is 9.24. The summed E-state index contributed by atoms with van der Waals surface area (Å²) in [5.41, 5.74) is 0.629. The van der Waals surface area contributed by atoms with E-state index in [0.717, 1.165) is 17.8 Å². The fraction of sp³-hybridized carbons (Fsp3) is 0.429. The number of halogens is 3. The summed E-state index contributed by atoms with van der Waals surface area (Å²) in [6.07, 6.45) is -1.17. The fourth-order valence-electron chi connectivity index (χ4n) is 3.46. The molecule has 1 aliphatic heterocycles. The number of alkyl halides is 3. The van der Waals surface area contributed by atoms with Gasteiger partial charge in [-0.05, 0) is 18.1 Å². The van der Waals surface area contributed by atoms with Gasteiger partial charge in [0.15, 0.2) is 0 Å². The van der Waals surface area contributed by atoms with Crippen molar-refractivity contribution in [2.24, 2.45) is 0 Å². The lowest BCUT2D eigenvalue weighted by atomic mass is 10.1. The molecule has 0 spiro atoms. The first-order valence-corrected chi connectivity index (χ1v) is 13.2. The molecule has 1 aromatic heterocycles. The number of carbonyl (C=O) groups is 1. The quantitative estimate of drug-likeness (QED) is 0.751. The SMILES string of the molecule is C[Si](C)(C)c1ccc(CC(=O)N[C@@H]2CCN(c3cncc(C(F)(F)F)c3)C2)cc1. The second kappa shape index (κ2) is 8.18. The fourth-order valence-corrected chi connectivity index (χ4v) is 4.62. The first-order chi connectivity index (χ1) is 13.5. The van der Waals surface area contributed by atoms with Crippen LogP contribution in [-0.4, -0.2) is 38.1 Å². The molecule has 0 unspecified atom stereocenters. The first kappa shape index (κ1) is 21.4. The van der Waals surface area contributed by atoms with E-state index in [1.54, 1.807) is 0 Å². The van der Waals surface area contributed by atoms with Gasteiger partial charge in [-0.15, -0.1) is 0 Å². The second-order valence-corrected chi connectivity index (χ2v) is 13.6. The second-order valence-electron chi connectivity index (χ2n) is 8.55. The average molecular weight is 422 g/mol. The number of amides is 1. The molecule has 1 aromatic carbocycles. The number of nitrogens with zero attached hydrogens (tertiary/aromatic N) is 2. The standard InChI is InChI=1S/C21H26F3N3OSi/c1-29(2,3)19-6-4-15(5-7-19)10-20(28)26-17-8-9-27(14-17)18-11-16(12-25-13-18)21(22,23)24/h4-7,11-13,17H,8-10,14H2,1-3H3,(H,26,28)/t17-/m1/s1. The highest BCUT2D eigenvalue weighted by Crippen LogP contribution is 2.31. The van der Waals surface area contributed by atoms with Crippen LogP contribution >= 0.6 is 0 Å². The molecule has 2 aromatic rings. The molecule has 1 fully saturated rings. The Kier molecular flexibility index (Phi) is 6.02. The molecule has 1 aliphatic rings. The lowest BCUT2D eigenvalue weighted by Crippen LogP contribution is -2.38. The van der Waals surface area contributed by atoms with Crippen molar-refractivity contribution in [3.8, 4) is 0 Å². The minimum absolute atomic E-state index is 0.0697. The Balaban J connectivity index is 1.55. The van der Waals surface area contributed by atoms with E-state index in [4.69, 9.17) is 0 Å². The van der Waals surface area contributed by atoms with Crippen molar-refractivity contribution in [2.45, 2.75) is 44.7 Å². The van der Waals surface area contributed by atoms with Gasteiger partial charge in [0.2, 0.25) is 5.91 Å². The van der Waals surface area contributed by atoms with Crippen molar-refractivity contribution in [3.05, 3.63) is 53.9 Å². The monoisotopic (exact) mass is 421 g/mol. The van der Waals surface area contributed by atoms with Crippen LogP contribution in [0.15, 0.2) is 42.7 Å².